The van der Waals surface area contributed by atoms with Crippen LogP contribution in [-0.2, 0) is 6.18 Å². The van der Waals surface area contributed by atoms with Gasteiger partial charge in [0.25, 0.3) is 0 Å². The molecule has 20 heavy (non-hydrogen) atoms. The second kappa shape index (κ2) is 4.80. The average Bonchev–Trinajstić information content (AvgIpc) is 2.97. The summed E-state index contributed by atoms with van der Waals surface area (Å²) in [5.41, 5.74) is 1.50. The molecule has 1 aromatic heterocycles. The van der Waals surface area contributed by atoms with Crippen LogP contribution in [0.15, 0.2) is 12.1 Å². The van der Waals surface area contributed by atoms with E-state index in [9.17, 15) is 13.2 Å². The molecule has 7 heteroatoms. The molecule has 2 aliphatic rings. The second-order valence-corrected chi connectivity index (χ2v) is 5.60. The molecule has 1 aromatic rings. The highest BCUT2D eigenvalue weighted by atomic mass is 19.4. The molecule has 0 bridgehead atoms. The zero-order valence-corrected chi connectivity index (χ0v) is 11.0. The van der Waals surface area contributed by atoms with Gasteiger partial charge >= 0.3 is 6.18 Å². The number of nitrogens with two attached hydrogens (primary N) is 1. The van der Waals surface area contributed by atoms with Crippen molar-refractivity contribution in [3.05, 3.63) is 17.7 Å². The van der Waals surface area contributed by atoms with Gasteiger partial charge in [-0.2, -0.15) is 13.2 Å². The molecule has 2 unspecified atom stereocenters. The van der Waals surface area contributed by atoms with E-state index >= 15 is 0 Å². The van der Waals surface area contributed by atoms with E-state index in [1.54, 1.807) is 0 Å². The fourth-order valence-electron chi connectivity index (χ4n) is 3.34. The van der Waals surface area contributed by atoms with Crippen LogP contribution in [0.2, 0.25) is 0 Å². The summed E-state index contributed by atoms with van der Waals surface area (Å²) in [6.45, 7) is 1.59. The Kier molecular flexibility index (Phi) is 3.24. The number of rotatable bonds is 2. The van der Waals surface area contributed by atoms with E-state index in [1.807, 2.05) is 4.90 Å². The number of hydrogen-bond acceptors (Lipinski definition) is 4. The Morgan fingerprint density at radius 1 is 1.20 bits per heavy atom. The first-order chi connectivity index (χ1) is 9.47. The summed E-state index contributed by atoms with van der Waals surface area (Å²) < 4.78 is 38.7. The lowest BCUT2D eigenvalue weighted by Crippen LogP contribution is -2.23. The van der Waals surface area contributed by atoms with E-state index < -0.39 is 11.7 Å². The minimum atomic E-state index is -4.39. The summed E-state index contributed by atoms with van der Waals surface area (Å²) >= 11 is 0. The highest BCUT2D eigenvalue weighted by Crippen LogP contribution is 2.40. The molecular weight excluding hydrogens is 269 g/mol. The van der Waals surface area contributed by atoms with Gasteiger partial charge in [0.05, 0.1) is 5.56 Å². The zero-order valence-electron chi connectivity index (χ0n) is 11.0. The van der Waals surface area contributed by atoms with E-state index in [0.29, 0.717) is 17.7 Å². The third-order valence-corrected chi connectivity index (χ3v) is 4.34. The van der Waals surface area contributed by atoms with Crippen LogP contribution < -0.4 is 16.2 Å². The lowest BCUT2D eigenvalue weighted by atomic mass is 10.0. The van der Waals surface area contributed by atoms with Gasteiger partial charge in [-0.3, -0.25) is 0 Å². The molecule has 1 aliphatic heterocycles. The van der Waals surface area contributed by atoms with Gasteiger partial charge in [-0.25, -0.2) is 10.8 Å². The Balaban J connectivity index is 1.89. The maximum Gasteiger partial charge on any atom is 0.416 e. The van der Waals surface area contributed by atoms with E-state index in [-0.39, 0.29) is 5.82 Å². The minimum Gasteiger partial charge on any atom is -0.356 e. The number of fused-ring (bicyclic) bond motifs is 1. The van der Waals surface area contributed by atoms with E-state index in [4.69, 9.17) is 5.84 Å². The van der Waals surface area contributed by atoms with Crippen LogP contribution in [-0.4, -0.2) is 18.1 Å². The predicted molar refractivity (Wildman–Crippen MR) is 70.1 cm³/mol. The first-order valence-electron chi connectivity index (χ1n) is 6.78. The Morgan fingerprint density at radius 3 is 2.40 bits per heavy atom. The summed E-state index contributed by atoms with van der Waals surface area (Å²) in [6.07, 6.45) is -0.821. The van der Waals surface area contributed by atoms with Crippen LogP contribution >= 0.6 is 0 Å². The molecule has 1 saturated carbocycles. The second-order valence-electron chi connectivity index (χ2n) is 5.60. The Hall–Kier alpha value is -1.50. The fourth-order valence-corrected chi connectivity index (χ4v) is 3.34. The third-order valence-electron chi connectivity index (χ3n) is 4.34. The van der Waals surface area contributed by atoms with E-state index in [0.717, 1.165) is 25.2 Å². The van der Waals surface area contributed by atoms with E-state index in [2.05, 4.69) is 10.4 Å². The highest BCUT2D eigenvalue weighted by Gasteiger charge is 2.38. The van der Waals surface area contributed by atoms with Crippen molar-refractivity contribution in [1.29, 1.82) is 0 Å². The molecule has 2 heterocycles. The molecular formula is C13H17F3N4. The van der Waals surface area contributed by atoms with Crippen LogP contribution in [0.3, 0.4) is 0 Å². The summed E-state index contributed by atoms with van der Waals surface area (Å²) in [4.78, 5) is 6.11. The van der Waals surface area contributed by atoms with Crippen molar-refractivity contribution < 1.29 is 13.2 Å². The largest absolute Gasteiger partial charge is 0.416 e. The lowest BCUT2D eigenvalue weighted by Gasteiger charge is -2.20. The topological polar surface area (TPSA) is 54.2 Å². The molecule has 3 N–H and O–H groups in total. The summed E-state index contributed by atoms with van der Waals surface area (Å²) in [5.74, 6) is 6.83. The van der Waals surface area contributed by atoms with Gasteiger partial charge in [-0.15, -0.1) is 0 Å². The quantitative estimate of drug-likeness (QED) is 0.648. The van der Waals surface area contributed by atoms with Gasteiger partial charge in [0.2, 0.25) is 0 Å². The number of nitrogens with one attached hydrogen (secondary N) is 1. The minimum absolute atomic E-state index is 0.0480. The van der Waals surface area contributed by atoms with Gasteiger partial charge in [-0.05, 0) is 36.8 Å². The van der Waals surface area contributed by atoms with Crippen LogP contribution in [0, 0.1) is 11.8 Å². The average molecular weight is 286 g/mol. The molecule has 0 spiro atoms. The standard InChI is InChI=1S/C13H17F3N4/c14-13(15,16)10-4-11(19-17)18-12(5-10)20-6-8-2-1-3-9(8)7-20/h4-5,8-9H,1-3,6-7,17H2,(H,18,19). The van der Waals surface area contributed by atoms with Gasteiger partial charge < -0.3 is 10.3 Å². The monoisotopic (exact) mass is 286 g/mol. The lowest BCUT2D eigenvalue weighted by molar-refractivity contribution is -0.137. The summed E-state index contributed by atoms with van der Waals surface area (Å²) in [7, 11) is 0. The summed E-state index contributed by atoms with van der Waals surface area (Å²) in [5, 5.41) is 0. The van der Waals surface area contributed by atoms with Crippen LogP contribution in [0.4, 0.5) is 24.8 Å². The van der Waals surface area contributed by atoms with Crippen LogP contribution in [0.25, 0.3) is 0 Å². The number of aromatic nitrogens is 1. The molecule has 2 atom stereocenters. The third kappa shape index (κ3) is 2.42. The molecule has 2 fully saturated rings. The molecule has 110 valence electrons. The van der Waals surface area contributed by atoms with Crippen molar-refractivity contribution in [3.8, 4) is 0 Å². The van der Waals surface area contributed by atoms with Crippen molar-refractivity contribution in [1.82, 2.24) is 4.98 Å². The van der Waals surface area contributed by atoms with Crippen LogP contribution in [0.1, 0.15) is 24.8 Å². The highest BCUT2D eigenvalue weighted by molar-refractivity contribution is 5.51. The molecule has 1 aliphatic carbocycles. The normalized spacial score (nSPS) is 25.9. The van der Waals surface area contributed by atoms with Gasteiger partial charge in [0.1, 0.15) is 11.6 Å². The summed E-state index contributed by atoms with van der Waals surface area (Å²) in [6, 6.07) is 2.04. The Morgan fingerprint density at radius 2 is 1.85 bits per heavy atom. The predicted octanol–water partition coefficient (Wildman–Crippen LogP) is 2.62. The molecule has 0 amide bonds. The first-order valence-corrected chi connectivity index (χ1v) is 6.78. The van der Waals surface area contributed by atoms with Gasteiger partial charge in [0.15, 0.2) is 0 Å². The smallest absolute Gasteiger partial charge is 0.356 e. The number of hydrogen-bond donors (Lipinski definition) is 2. The number of nitrogens with zero attached hydrogens (tertiary/aromatic N) is 2. The van der Waals surface area contributed by atoms with Crippen molar-refractivity contribution in [2.75, 3.05) is 23.4 Å². The number of hydrazine groups is 1. The SMILES string of the molecule is NNc1cc(C(F)(F)F)cc(N2CC3CCCC3C2)n1. The zero-order chi connectivity index (χ0) is 14.3. The van der Waals surface area contributed by atoms with Crippen molar-refractivity contribution in [2.45, 2.75) is 25.4 Å². The molecule has 4 nitrogen and oxygen atoms in total. The van der Waals surface area contributed by atoms with Crippen molar-refractivity contribution >= 4 is 11.6 Å². The van der Waals surface area contributed by atoms with Gasteiger partial charge in [-0.1, -0.05) is 6.42 Å². The number of alkyl halides is 3. The molecule has 0 aromatic carbocycles. The Labute approximate surface area is 115 Å². The van der Waals surface area contributed by atoms with Gasteiger partial charge in [0, 0.05) is 13.1 Å². The molecule has 1 saturated heterocycles. The Bertz CT molecular complexity index is 491. The first kappa shape index (κ1) is 13.5. The number of anilines is 2. The van der Waals surface area contributed by atoms with Crippen molar-refractivity contribution in [3.63, 3.8) is 0 Å². The molecule has 0 radical (unpaired) electrons. The van der Waals surface area contributed by atoms with E-state index in [1.165, 1.54) is 19.3 Å². The maximum absolute atomic E-state index is 12.9. The number of nitrogen functional groups attached to an aromatic ring is 1. The molecule has 3 rings (SSSR count). The van der Waals surface area contributed by atoms with Crippen molar-refractivity contribution in [2.24, 2.45) is 17.7 Å². The van der Waals surface area contributed by atoms with Crippen LogP contribution in [0.5, 0.6) is 0 Å². The fraction of sp³-hybridized carbons (Fsp3) is 0.615. The number of halogens is 3. The number of pyridine rings is 1. The maximum atomic E-state index is 12.9.